The Balaban J connectivity index is 2.35. The fourth-order valence-corrected chi connectivity index (χ4v) is 2.53. The van der Waals surface area contributed by atoms with Crippen LogP contribution in [0.15, 0.2) is 10.5 Å². The molecule has 0 saturated heterocycles. The van der Waals surface area contributed by atoms with Gasteiger partial charge in [0.05, 0.1) is 13.2 Å². The third kappa shape index (κ3) is 6.20. The van der Waals surface area contributed by atoms with Crippen LogP contribution in [-0.2, 0) is 17.9 Å². The molecule has 0 bridgehead atoms. The van der Waals surface area contributed by atoms with E-state index in [0.29, 0.717) is 18.7 Å². The van der Waals surface area contributed by atoms with E-state index in [-0.39, 0.29) is 0 Å². The van der Waals surface area contributed by atoms with Crippen LogP contribution in [0, 0.1) is 6.92 Å². The van der Waals surface area contributed by atoms with E-state index in [1.165, 1.54) is 5.56 Å². The summed E-state index contributed by atoms with van der Waals surface area (Å²) < 4.78 is 11.6. The lowest BCUT2D eigenvalue weighted by molar-refractivity contribution is 0.0616. The molecule has 122 valence electrons. The van der Waals surface area contributed by atoms with E-state index in [1.54, 1.807) is 0 Å². The summed E-state index contributed by atoms with van der Waals surface area (Å²) in [4.78, 5) is 2.43. The second-order valence-electron chi connectivity index (χ2n) is 6.08. The normalized spacial score (nSPS) is 12.0. The molecule has 0 spiro atoms. The van der Waals surface area contributed by atoms with Gasteiger partial charge in [-0.05, 0) is 52.8 Å². The summed E-state index contributed by atoms with van der Waals surface area (Å²) >= 11 is 0. The maximum absolute atomic E-state index is 5.82. The van der Waals surface area contributed by atoms with Crippen LogP contribution in [0.4, 0.5) is 0 Å². The molecule has 1 aromatic heterocycles. The van der Waals surface area contributed by atoms with Crippen LogP contribution in [0.3, 0.4) is 0 Å². The predicted molar refractivity (Wildman–Crippen MR) is 87.5 cm³/mol. The van der Waals surface area contributed by atoms with Crippen molar-refractivity contribution in [3.8, 4) is 0 Å². The zero-order valence-electron chi connectivity index (χ0n) is 14.5. The highest BCUT2D eigenvalue weighted by Gasteiger charge is 2.13. The Labute approximate surface area is 129 Å². The number of aryl methyl sites for hydroxylation is 1. The van der Waals surface area contributed by atoms with Gasteiger partial charge in [0.1, 0.15) is 18.1 Å². The second kappa shape index (κ2) is 9.23. The average Bonchev–Trinajstić information content (AvgIpc) is 2.75. The van der Waals surface area contributed by atoms with E-state index < -0.39 is 0 Å². The van der Waals surface area contributed by atoms with Gasteiger partial charge in [0.25, 0.3) is 0 Å². The molecule has 0 amide bonds. The minimum atomic E-state index is 0.547. The summed E-state index contributed by atoms with van der Waals surface area (Å²) in [6, 6.07) is 3.17. The summed E-state index contributed by atoms with van der Waals surface area (Å²) in [5.74, 6) is 1.93. The van der Waals surface area contributed by atoms with Crippen molar-refractivity contribution in [2.24, 2.45) is 0 Å². The summed E-state index contributed by atoms with van der Waals surface area (Å²) in [7, 11) is 0. The van der Waals surface area contributed by atoms with Gasteiger partial charge in [-0.2, -0.15) is 0 Å². The molecule has 0 aliphatic carbocycles. The highest BCUT2D eigenvalue weighted by atomic mass is 16.5. The number of hydrogen-bond acceptors (Lipinski definition) is 4. The Morgan fingerprint density at radius 1 is 1.24 bits per heavy atom. The molecule has 0 aliphatic heterocycles. The highest BCUT2D eigenvalue weighted by Crippen LogP contribution is 2.15. The van der Waals surface area contributed by atoms with Crippen LogP contribution in [0.2, 0.25) is 0 Å². The molecule has 1 heterocycles. The lowest BCUT2D eigenvalue weighted by Gasteiger charge is -2.30. The van der Waals surface area contributed by atoms with Crippen molar-refractivity contribution in [1.29, 1.82) is 0 Å². The third-order valence-corrected chi connectivity index (χ3v) is 3.67. The van der Waals surface area contributed by atoms with E-state index >= 15 is 0 Å². The maximum Gasteiger partial charge on any atom is 0.130 e. The Morgan fingerprint density at radius 3 is 2.48 bits per heavy atom. The fraction of sp³-hybridized carbons (Fsp3) is 0.765. The molecule has 1 aromatic rings. The van der Waals surface area contributed by atoms with Crippen LogP contribution >= 0.6 is 0 Å². The van der Waals surface area contributed by atoms with E-state index in [1.807, 2.05) is 0 Å². The van der Waals surface area contributed by atoms with Gasteiger partial charge < -0.3 is 14.5 Å². The first-order valence-corrected chi connectivity index (χ1v) is 8.08. The summed E-state index contributed by atoms with van der Waals surface area (Å²) in [5.41, 5.74) is 1.19. The van der Waals surface area contributed by atoms with Crippen LogP contribution in [0.25, 0.3) is 0 Å². The first kappa shape index (κ1) is 18.2. The van der Waals surface area contributed by atoms with Crippen LogP contribution < -0.4 is 5.32 Å². The zero-order valence-corrected chi connectivity index (χ0v) is 14.5. The number of ether oxygens (including phenoxy) is 1. The fourth-order valence-electron chi connectivity index (χ4n) is 2.53. The minimum Gasteiger partial charge on any atom is -0.462 e. The summed E-state index contributed by atoms with van der Waals surface area (Å²) in [6.07, 6.45) is 0. The molecule has 21 heavy (non-hydrogen) atoms. The van der Waals surface area contributed by atoms with Crippen molar-refractivity contribution < 1.29 is 9.15 Å². The number of nitrogens with zero attached hydrogens (tertiary/aromatic N) is 1. The van der Waals surface area contributed by atoms with Crippen LogP contribution in [0.1, 0.15) is 51.7 Å². The van der Waals surface area contributed by atoms with Gasteiger partial charge in [-0.15, -0.1) is 0 Å². The van der Waals surface area contributed by atoms with Gasteiger partial charge in [0, 0.05) is 18.6 Å². The lowest BCUT2D eigenvalue weighted by Crippen LogP contribution is -2.39. The van der Waals surface area contributed by atoms with Gasteiger partial charge in [-0.1, -0.05) is 6.92 Å². The highest BCUT2D eigenvalue weighted by molar-refractivity contribution is 5.19. The van der Waals surface area contributed by atoms with Crippen molar-refractivity contribution in [1.82, 2.24) is 10.2 Å². The zero-order chi connectivity index (χ0) is 15.8. The smallest absolute Gasteiger partial charge is 0.130 e. The SMILES string of the molecule is CCNCc1oc(COCCN(C(C)C)C(C)C)cc1C. The van der Waals surface area contributed by atoms with Crippen molar-refractivity contribution >= 4 is 0 Å². The molecule has 4 nitrogen and oxygen atoms in total. The molecule has 0 unspecified atom stereocenters. The van der Waals surface area contributed by atoms with Gasteiger partial charge in [0.15, 0.2) is 0 Å². The topological polar surface area (TPSA) is 37.6 Å². The van der Waals surface area contributed by atoms with Crippen molar-refractivity contribution in [3.63, 3.8) is 0 Å². The molecule has 0 aromatic carbocycles. The Bertz CT molecular complexity index is 391. The first-order valence-electron chi connectivity index (χ1n) is 8.08. The van der Waals surface area contributed by atoms with Crippen molar-refractivity contribution in [3.05, 3.63) is 23.2 Å². The monoisotopic (exact) mass is 296 g/mol. The standard InChI is InChI=1S/C17H32N2O2/c1-7-18-11-17-15(6)10-16(21-17)12-20-9-8-19(13(2)3)14(4)5/h10,13-14,18H,7-9,11-12H2,1-6H3. The van der Waals surface area contributed by atoms with E-state index in [2.05, 4.69) is 57.8 Å². The number of furan rings is 1. The summed E-state index contributed by atoms with van der Waals surface area (Å²) in [6.45, 7) is 17.1. The Kier molecular flexibility index (Phi) is 8.01. The van der Waals surface area contributed by atoms with Gasteiger partial charge in [-0.3, -0.25) is 4.90 Å². The molecule has 0 fully saturated rings. The molecule has 0 aliphatic rings. The molecule has 4 heteroatoms. The molecule has 1 rings (SSSR count). The van der Waals surface area contributed by atoms with Crippen LogP contribution in [-0.4, -0.2) is 36.7 Å². The van der Waals surface area contributed by atoms with E-state index in [9.17, 15) is 0 Å². The van der Waals surface area contributed by atoms with Gasteiger partial charge in [-0.25, -0.2) is 0 Å². The molecule has 1 N–H and O–H groups in total. The Hall–Kier alpha value is -0.840. The van der Waals surface area contributed by atoms with Gasteiger partial charge in [0.2, 0.25) is 0 Å². The quantitative estimate of drug-likeness (QED) is 0.672. The molecular formula is C17H32N2O2. The number of rotatable bonds is 10. The van der Waals surface area contributed by atoms with E-state index in [4.69, 9.17) is 9.15 Å². The lowest BCUT2D eigenvalue weighted by atomic mass is 10.2. The number of nitrogens with one attached hydrogen (secondary N) is 1. The second-order valence-corrected chi connectivity index (χ2v) is 6.08. The molecule has 0 atom stereocenters. The predicted octanol–water partition coefficient (Wildman–Crippen LogP) is 3.33. The van der Waals surface area contributed by atoms with Gasteiger partial charge >= 0.3 is 0 Å². The largest absolute Gasteiger partial charge is 0.462 e. The molecule has 0 radical (unpaired) electrons. The Morgan fingerprint density at radius 2 is 1.90 bits per heavy atom. The van der Waals surface area contributed by atoms with E-state index in [0.717, 1.165) is 37.8 Å². The maximum atomic E-state index is 5.82. The third-order valence-electron chi connectivity index (χ3n) is 3.67. The minimum absolute atomic E-state index is 0.547. The molecule has 0 saturated carbocycles. The average molecular weight is 296 g/mol. The molecular weight excluding hydrogens is 264 g/mol. The van der Waals surface area contributed by atoms with Crippen LogP contribution in [0.5, 0.6) is 0 Å². The number of hydrogen-bond donors (Lipinski definition) is 1. The van der Waals surface area contributed by atoms with Crippen molar-refractivity contribution in [2.45, 2.75) is 66.8 Å². The summed E-state index contributed by atoms with van der Waals surface area (Å²) in [5, 5.41) is 3.28. The van der Waals surface area contributed by atoms with Crippen molar-refractivity contribution in [2.75, 3.05) is 19.7 Å². The first-order chi connectivity index (χ1) is 9.95.